The Bertz CT molecular complexity index is 710. The van der Waals surface area contributed by atoms with Gasteiger partial charge in [0.25, 0.3) is 5.91 Å². The van der Waals surface area contributed by atoms with Crippen LogP contribution in [0, 0.1) is 6.92 Å². The molecule has 0 radical (unpaired) electrons. The van der Waals surface area contributed by atoms with Crippen LogP contribution in [0.1, 0.15) is 53.8 Å². The maximum Gasteiger partial charge on any atom is 0.254 e. The Hall–Kier alpha value is -2.43. The number of hydrogen-bond donors (Lipinski definition) is 1. The summed E-state index contributed by atoms with van der Waals surface area (Å²) in [6.07, 6.45) is 6.47. The van der Waals surface area contributed by atoms with Gasteiger partial charge in [0.1, 0.15) is 0 Å². The molecule has 0 saturated carbocycles. The molecule has 2 aromatic rings. The molecule has 2 heterocycles. The van der Waals surface area contributed by atoms with Crippen molar-refractivity contribution in [3.63, 3.8) is 0 Å². The lowest BCUT2D eigenvalue weighted by Gasteiger charge is -2.28. The number of aromatic amines is 1. The van der Waals surface area contributed by atoms with E-state index in [1.165, 1.54) is 6.07 Å². The molecule has 1 atom stereocenters. The van der Waals surface area contributed by atoms with Crippen LogP contribution < -0.4 is 5.56 Å². The summed E-state index contributed by atoms with van der Waals surface area (Å²) in [6, 6.07) is 6.88. The van der Waals surface area contributed by atoms with Crippen LogP contribution >= 0.6 is 0 Å². The second-order valence-corrected chi connectivity index (χ2v) is 5.78. The second-order valence-electron chi connectivity index (χ2n) is 5.78. The number of unbranched alkanes of at least 4 members (excludes halogenated alkanes) is 1. The summed E-state index contributed by atoms with van der Waals surface area (Å²) in [5.74, 6) is -0.149. The number of aryl methyl sites for hydroxylation is 1. The highest BCUT2D eigenvalue weighted by molar-refractivity contribution is 5.94. The first-order valence-electron chi connectivity index (χ1n) is 7.91. The first kappa shape index (κ1) is 16.9. The summed E-state index contributed by atoms with van der Waals surface area (Å²) < 4.78 is 0. The Morgan fingerprint density at radius 1 is 1.39 bits per heavy atom. The van der Waals surface area contributed by atoms with E-state index in [9.17, 15) is 9.59 Å². The minimum absolute atomic E-state index is 0.0456. The van der Waals surface area contributed by atoms with E-state index in [-0.39, 0.29) is 17.5 Å². The molecule has 2 aromatic heterocycles. The van der Waals surface area contributed by atoms with E-state index in [0.717, 1.165) is 24.8 Å². The second kappa shape index (κ2) is 7.72. The van der Waals surface area contributed by atoms with Gasteiger partial charge in [-0.05, 0) is 31.0 Å². The summed E-state index contributed by atoms with van der Waals surface area (Å²) in [4.78, 5) is 32.9. The molecule has 1 amide bonds. The number of amides is 1. The fourth-order valence-corrected chi connectivity index (χ4v) is 2.71. The third kappa shape index (κ3) is 4.28. The van der Waals surface area contributed by atoms with Crippen molar-refractivity contribution < 1.29 is 4.79 Å². The number of H-pyrrole nitrogens is 1. The van der Waals surface area contributed by atoms with Gasteiger partial charge < -0.3 is 9.88 Å². The van der Waals surface area contributed by atoms with E-state index in [2.05, 4.69) is 16.9 Å². The average molecular weight is 313 g/mol. The molecular formula is C18H23N3O2. The van der Waals surface area contributed by atoms with Crippen molar-refractivity contribution in [2.75, 3.05) is 7.05 Å². The monoisotopic (exact) mass is 313 g/mol. The smallest absolute Gasteiger partial charge is 0.254 e. The molecule has 0 saturated heterocycles. The van der Waals surface area contributed by atoms with Gasteiger partial charge >= 0.3 is 0 Å². The van der Waals surface area contributed by atoms with Crippen molar-refractivity contribution in [1.29, 1.82) is 0 Å². The number of carbonyl (C=O) groups excluding carboxylic acids is 1. The van der Waals surface area contributed by atoms with Gasteiger partial charge in [0.2, 0.25) is 5.56 Å². The van der Waals surface area contributed by atoms with E-state index in [1.807, 2.05) is 12.1 Å². The lowest BCUT2D eigenvalue weighted by atomic mass is 10.0. The summed E-state index contributed by atoms with van der Waals surface area (Å²) >= 11 is 0. The summed E-state index contributed by atoms with van der Waals surface area (Å²) in [5.41, 5.74) is 1.85. The fourth-order valence-electron chi connectivity index (χ4n) is 2.71. The van der Waals surface area contributed by atoms with Crippen LogP contribution in [0.2, 0.25) is 0 Å². The number of hydrogen-bond acceptors (Lipinski definition) is 3. The van der Waals surface area contributed by atoms with E-state index in [4.69, 9.17) is 0 Å². The predicted octanol–water partition coefficient (Wildman–Crippen LogP) is 3.08. The maximum absolute atomic E-state index is 12.8. The Kier molecular flexibility index (Phi) is 5.68. The molecular weight excluding hydrogens is 290 g/mol. The minimum Gasteiger partial charge on any atom is -0.335 e. The van der Waals surface area contributed by atoms with Crippen LogP contribution in [0.15, 0.2) is 41.5 Å². The van der Waals surface area contributed by atoms with Crippen molar-refractivity contribution in [2.45, 2.75) is 39.2 Å². The molecule has 1 N–H and O–H groups in total. The van der Waals surface area contributed by atoms with Crippen molar-refractivity contribution in [1.82, 2.24) is 14.9 Å². The number of aromatic nitrogens is 2. The van der Waals surface area contributed by atoms with Crippen LogP contribution in [0.5, 0.6) is 0 Å². The van der Waals surface area contributed by atoms with E-state index < -0.39 is 0 Å². The lowest BCUT2D eigenvalue weighted by molar-refractivity contribution is 0.0719. The fraction of sp³-hybridized carbons (Fsp3) is 0.389. The van der Waals surface area contributed by atoms with Crippen LogP contribution in [-0.4, -0.2) is 27.8 Å². The lowest BCUT2D eigenvalue weighted by Crippen LogP contribution is -2.32. The zero-order valence-electron chi connectivity index (χ0n) is 13.9. The average Bonchev–Trinajstić information content (AvgIpc) is 2.54. The Balaban J connectivity index is 2.30. The van der Waals surface area contributed by atoms with Crippen LogP contribution in [0.4, 0.5) is 0 Å². The van der Waals surface area contributed by atoms with Gasteiger partial charge in [-0.2, -0.15) is 0 Å². The Morgan fingerprint density at radius 3 is 2.78 bits per heavy atom. The first-order valence-corrected chi connectivity index (χ1v) is 7.91. The van der Waals surface area contributed by atoms with Crippen molar-refractivity contribution in [3.8, 4) is 0 Å². The molecule has 1 unspecified atom stereocenters. The molecule has 0 aromatic carbocycles. The van der Waals surface area contributed by atoms with Gasteiger partial charge in [0.15, 0.2) is 0 Å². The molecule has 0 aliphatic heterocycles. The Morgan fingerprint density at radius 2 is 2.17 bits per heavy atom. The minimum atomic E-state index is -0.256. The molecule has 5 heteroatoms. The van der Waals surface area contributed by atoms with Gasteiger partial charge in [0.05, 0.1) is 6.04 Å². The molecule has 0 bridgehead atoms. The largest absolute Gasteiger partial charge is 0.335 e. The standard InChI is InChI=1S/C18H23N3O2/c1-4-5-8-16(14-7-6-9-19-12-14)21(3)18(23)15-10-13(2)20-17(22)11-15/h6-7,9-12,16H,4-5,8H2,1-3H3,(H,20,22). The zero-order valence-corrected chi connectivity index (χ0v) is 13.9. The molecule has 5 nitrogen and oxygen atoms in total. The number of pyridine rings is 2. The van der Waals surface area contributed by atoms with Gasteiger partial charge in [-0.3, -0.25) is 14.6 Å². The number of nitrogens with zero attached hydrogens (tertiary/aromatic N) is 2. The molecule has 0 aliphatic rings. The number of carbonyl (C=O) groups is 1. The molecule has 0 spiro atoms. The van der Waals surface area contributed by atoms with Gasteiger partial charge in [-0.25, -0.2) is 0 Å². The summed E-state index contributed by atoms with van der Waals surface area (Å²) in [5, 5.41) is 0. The number of rotatable bonds is 6. The molecule has 2 rings (SSSR count). The van der Waals surface area contributed by atoms with E-state index >= 15 is 0 Å². The first-order chi connectivity index (χ1) is 11.0. The quantitative estimate of drug-likeness (QED) is 0.891. The van der Waals surface area contributed by atoms with Crippen molar-refractivity contribution in [2.24, 2.45) is 0 Å². The third-order valence-corrected chi connectivity index (χ3v) is 3.91. The molecule has 122 valence electrons. The highest BCUT2D eigenvalue weighted by atomic mass is 16.2. The predicted molar refractivity (Wildman–Crippen MR) is 90.4 cm³/mol. The SMILES string of the molecule is CCCCC(c1cccnc1)N(C)C(=O)c1cc(C)[nH]c(=O)c1. The number of nitrogens with one attached hydrogen (secondary N) is 1. The van der Waals surface area contributed by atoms with Crippen molar-refractivity contribution >= 4 is 5.91 Å². The van der Waals surface area contributed by atoms with Gasteiger partial charge in [0, 0.05) is 36.8 Å². The maximum atomic E-state index is 12.8. The van der Waals surface area contributed by atoms with Gasteiger partial charge in [-0.1, -0.05) is 25.8 Å². The Labute approximate surface area is 136 Å². The summed E-state index contributed by atoms with van der Waals surface area (Å²) in [6.45, 7) is 3.90. The zero-order chi connectivity index (χ0) is 16.8. The molecule has 0 fully saturated rings. The highest BCUT2D eigenvalue weighted by Crippen LogP contribution is 2.26. The van der Waals surface area contributed by atoms with Crippen LogP contribution in [0.3, 0.4) is 0 Å². The topological polar surface area (TPSA) is 66.1 Å². The van der Waals surface area contributed by atoms with Crippen molar-refractivity contribution in [3.05, 3.63) is 63.8 Å². The molecule has 0 aliphatic carbocycles. The normalized spacial score (nSPS) is 12.0. The molecule has 23 heavy (non-hydrogen) atoms. The van der Waals surface area contributed by atoms with Crippen LogP contribution in [0.25, 0.3) is 0 Å². The van der Waals surface area contributed by atoms with E-state index in [0.29, 0.717) is 11.3 Å². The highest BCUT2D eigenvalue weighted by Gasteiger charge is 2.23. The van der Waals surface area contributed by atoms with E-state index in [1.54, 1.807) is 37.3 Å². The third-order valence-electron chi connectivity index (χ3n) is 3.91. The summed E-state index contributed by atoms with van der Waals surface area (Å²) in [7, 11) is 1.78. The van der Waals surface area contributed by atoms with Crippen LogP contribution in [-0.2, 0) is 0 Å². The van der Waals surface area contributed by atoms with Gasteiger partial charge in [-0.15, -0.1) is 0 Å².